The normalized spacial score (nSPS) is 38.1. The molecule has 110 valence electrons. The molecule has 19 heavy (non-hydrogen) atoms. The van der Waals surface area contributed by atoms with E-state index >= 15 is 0 Å². The summed E-state index contributed by atoms with van der Waals surface area (Å²) in [4.78, 5) is 0. The van der Waals surface area contributed by atoms with Gasteiger partial charge in [0, 0.05) is 29.9 Å². The van der Waals surface area contributed by atoms with Crippen molar-refractivity contribution in [1.29, 1.82) is 0 Å². The van der Waals surface area contributed by atoms with E-state index in [-0.39, 0.29) is 0 Å². The number of thioether (sulfide) groups is 1. The summed E-state index contributed by atoms with van der Waals surface area (Å²) in [6.45, 7) is 3.04. The van der Waals surface area contributed by atoms with E-state index in [1.54, 1.807) is 0 Å². The van der Waals surface area contributed by atoms with Crippen LogP contribution in [-0.4, -0.2) is 36.3 Å². The molecule has 2 saturated carbocycles. The molecule has 0 bridgehead atoms. The van der Waals surface area contributed by atoms with E-state index in [2.05, 4.69) is 24.0 Å². The van der Waals surface area contributed by atoms with Crippen molar-refractivity contribution in [2.75, 3.05) is 18.1 Å². The highest BCUT2D eigenvalue weighted by Gasteiger charge is 2.55. The highest BCUT2D eigenvalue weighted by atomic mass is 32.2. The Balaban J connectivity index is 1.60. The van der Waals surface area contributed by atoms with Crippen LogP contribution in [-0.2, 0) is 4.74 Å². The van der Waals surface area contributed by atoms with Gasteiger partial charge < -0.3 is 10.1 Å². The van der Waals surface area contributed by atoms with Gasteiger partial charge in [-0.3, -0.25) is 0 Å². The number of hydrogen-bond acceptors (Lipinski definition) is 3. The van der Waals surface area contributed by atoms with Gasteiger partial charge >= 0.3 is 0 Å². The van der Waals surface area contributed by atoms with Crippen LogP contribution >= 0.6 is 11.8 Å². The van der Waals surface area contributed by atoms with Gasteiger partial charge in [-0.05, 0) is 44.8 Å². The first-order valence-electron chi connectivity index (χ1n) is 8.30. The fraction of sp³-hybridized carbons (Fsp3) is 1.00. The maximum Gasteiger partial charge on any atom is 0.0661 e. The fourth-order valence-corrected chi connectivity index (χ4v) is 5.54. The zero-order chi connectivity index (χ0) is 13.1. The minimum atomic E-state index is 0.496. The summed E-state index contributed by atoms with van der Waals surface area (Å²) in [6.07, 6.45) is 11.7. The van der Waals surface area contributed by atoms with Crippen LogP contribution in [0.25, 0.3) is 0 Å². The Morgan fingerprint density at radius 2 is 2.05 bits per heavy atom. The maximum absolute atomic E-state index is 6.05. The van der Waals surface area contributed by atoms with Gasteiger partial charge in [0.2, 0.25) is 0 Å². The van der Waals surface area contributed by atoms with Gasteiger partial charge in [-0.2, -0.15) is 11.8 Å². The Hall–Kier alpha value is 0.270. The first-order valence-corrected chi connectivity index (χ1v) is 9.46. The minimum Gasteiger partial charge on any atom is -0.378 e. The summed E-state index contributed by atoms with van der Waals surface area (Å²) < 4.78 is 6.05. The summed E-state index contributed by atoms with van der Waals surface area (Å²) in [5.74, 6) is 2.70. The third-order valence-corrected chi connectivity index (χ3v) is 6.75. The van der Waals surface area contributed by atoms with Gasteiger partial charge in [0.15, 0.2) is 0 Å². The van der Waals surface area contributed by atoms with Crippen LogP contribution in [0.1, 0.15) is 58.3 Å². The molecular formula is C16H29NOS. The second-order valence-corrected chi connectivity index (χ2v) is 7.76. The molecule has 2 aliphatic carbocycles. The molecule has 0 aromatic carbocycles. The summed E-state index contributed by atoms with van der Waals surface area (Å²) in [6, 6.07) is 1.51. The first kappa shape index (κ1) is 14.2. The molecule has 0 aromatic rings. The molecule has 3 unspecified atom stereocenters. The highest BCUT2D eigenvalue weighted by molar-refractivity contribution is 7.99. The van der Waals surface area contributed by atoms with E-state index in [0.29, 0.717) is 11.5 Å². The molecule has 3 aliphatic rings. The lowest BCUT2D eigenvalue weighted by atomic mass is 9.55. The third-order valence-electron chi connectivity index (χ3n) is 5.53. The highest BCUT2D eigenvalue weighted by Crippen LogP contribution is 2.53. The molecule has 3 heteroatoms. The van der Waals surface area contributed by atoms with Gasteiger partial charge in [0.25, 0.3) is 0 Å². The Morgan fingerprint density at radius 3 is 2.74 bits per heavy atom. The van der Waals surface area contributed by atoms with Crippen molar-refractivity contribution in [1.82, 2.24) is 5.32 Å². The second kappa shape index (κ2) is 6.36. The van der Waals surface area contributed by atoms with Crippen LogP contribution in [0.3, 0.4) is 0 Å². The van der Waals surface area contributed by atoms with Gasteiger partial charge in [-0.25, -0.2) is 0 Å². The van der Waals surface area contributed by atoms with Gasteiger partial charge in [0.1, 0.15) is 0 Å². The lowest BCUT2D eigenvalue weighted by Crippen LogP contribution is -2.66. The molecule has 1 N–H and O–H groups in total. The van der Waals surface area contributed by atoms with E-state index in [4.69, 9.17) is 4.74 Å². The maximum atomic E-state index is 6.05. The van der Waals surface area contributed by atoms with Gasteiger partial charge in [-0.1, -0.05) is 19.3 Å². The quantitative estimate of drug-likeness (QED) is 0.852. The van der Waals surface area contributed by atoms with E-state index in [9.17, 15) is 0 Å². The summed E-state index contributed by atoms with van der Waals surface area (Å²) >= 11 is 2.13. The molecule has 0 radical (unpaired) electrons. The van der Waals surface area contributed by atoms with Gasteiger partial charge in [0.05, 0.1) is 6.10 Å². The SMILES string of the molecule is CCOC1CC(NC2CCCSC2)C12CCCCC2. The van der Waals surface area contributed by atoms with E-state index in [0.717, 1.165) is 18.7 Å². The molecule has 2 nitrogen and oxygen atoms in total. The molecule has 3 fully saturated rings. The van der Waals surface area contributed by atoms with E-state index < -0.39 is 0 Å². The average molecular weight is 283 g/mol. The Morgan fingerprint density at radius 1 is 1.21 bits per heavy atom. The molecule has 1 aliphatic heterocycles. The average Bonchev–Trinajstić information content (AvgIpc) is 2.48. The van der Waals surface area contributed by atoms with Crippen molar-refractivity contribution in [2.24, 2.45) is 5.41 Å². The zero-order valence-corrected chi connectivity index (χ0v) is 13.1. The van der Waals surface area contributed by atoms with E-state index in [1.807, 2.05) is 0 Å². The van der Waals surface area contributed by atoms with Crippen molar-refractivity contribution in [3.63, 3.8) is 0 Å². The van der Waals surface area contributed by atoms with Crippen LogP contribution < -0.4 is 5.32 Å². The smallest absolute Gasteiger partial charge is 0.0661 e. The second-order valence-electron chi connectivity index (χ2n) is 6.61. The van der Waals surface area contributed by atoms with Crippen LogP contribution in [0, 0.1) is 5.41 Å². The van der Waals surface area contributed by atoms with Crippen molar-refractivity contribution in [2.45, 2.75) is 76.5 Å². The molecule has 0 amide bonds. The number of hydrogen-bond donors (Lipinski definition) is 1. The number of nitrogens with one attached hydrogen (secondary N) is 1. The van der Waals surface area contributed by atoms with Crippen molar-refractivity contribution in [3.05, 3.63) is 0 Å². The van der Waals surface area contributed by atoms with Crippen LogP contribution in [0.4, 0.5) is 0 Å². The Labute approximate surface area is 122 Å². The topological polar surface area (TPSA) is 21.3 Å². The predicted molar refractivity (Wildman–Crippen MR) is 82.8 cm³/mol. The zero-order valence-electron chi connectivity index (χ0n) is 12.3. The largest absolute Gasteiger partial charge is 0.378 e. The number of ether oxygens (including phenoxy) is 1. The Bertz CT molecular complexity index is 284. The molecule has 0 aromatic heterocycles. The molecule has 3 atom stereocenters. The monoisotopic (exact) mass is 283 g/mol. The van der Waals surface area contributed by atoms with Crippen molar-refractivity contribution >= 4 is 11.8 Å². The lowest BCUT2D eigenvalue weighted by Gasteiger charge is -2.58. The minimum absolute atomic E-state index is 0.496. The summed E-state index contributed by atoms with van der Waals surface area (Å²) in [7, 11) is 0. The fourth-order valence-electron chi connectivity index (χ4n) is 4.45. The van der Waals surface area contributed by atoms with E-state index in [1.165, 1.54) is 62.9 Å². The molecule has 1 heterocycles. The Kier molecular flexibility index (Phi) is 4.76. The van der Waals surface area contributed by atoms with Crippen molar-refractivity contribution < 1.29 is 4.74 Å². The van der Waals surface area contributed by atoms with Crippen molar-refractivity contribution in [3.8, 4) is 0 Å². The predicted octanol–water partition coefficient (Wildman–Crippen LogP) is 3.60. The molecule has 1 saturated heterocycles. The molecular weight excluding hydrogens is 254 g/mol. The van der Waals surface area contributed by atoms with Crippen LogP contribution in [0.2, 0.25) is 0 Å². The summed E-state index contributed by atoms with van der Waals surface area (Å²) in [5, 5.41) is 4.00. The van der Waals surface area contributed by atoms with Crippen LogP contribution in [0.5, 0.6) is 0 Å². The number of rotatable bonds is 4. The van der Waals surface area contributed by atoms with Crippen LogP contribution in [0.15, 0.2) is 0 Å². The van der Waals surface area contributed by atoms with Gasteiger partial charge in [-0.15, -0.1) is 0 Å². The molecule has 1 spiro atoms. The standard InChI is InChI=1S/C16H29NOS/c1-2-18-15-11-14(16(15)8-4-3-5-9-16)17-13-7-6-10-19-12-13/h13-15,17H,2-12H2,1H3. The molecule has 3 rings (SSSR count). The lowest BCUT2D eigenvalue weighted by molar-refractivity contribution is -0.151. The summed E-state index contributed by atoms with van der Waals surface area (Å²) in [5.41, 5.74) is 0.496. The first-order chi connectivity index (χ1) is 9.35. The third kappa shape index (κ3) is 2.84.